The van der Waals surface area contributed by atoms with Gasteiger partial charge in [0.1, 0.15) is 5.82 Å². The Bertz CT molecular complexity index is 418. The molecule has 1 aromatic rings. The first-order valence-electron chi connectivity index (χ1n) is 5.79. The van der Waals surface area contributed by atoms with E-state index in [1.54, 1.807) is 6.92 Å². The highest BCUT2D eigenvalue weighted by atomic mass is 19.1. The molecule has 0 aliphatic carbocycles. The molecule has 1 atom stereocenters. The van der Waals surface area contributed by atoms with Gasteiger partial charge in [0.15, 0.2) is 0 Å². The number of hydrogen-bond acceptors (Lipinski definition) is 2. The molecular weight excluding hydrogens is 219 g/mol. The molecule has 0 aliphatic heterocycles. The van der Waals surface area contributed by atoms with Crippen molar-refractivity contribution in [1.29, 1.82) is 0 Å². The van der Waals surface area contributed by atoms with Crippen LogP contribution in [0.1, 0.15) is 36.2 Å². The zero-order valence-corrected chi connectivity index (χ0v) is 10.5. The predicted octanol–water partition coefficient (Wildman–Crippen LogP) is 2.49. The molecule has 0 spiro atoms. The molecule has 1 aromatic carbocycles. The van der Waals surface area contributed by atoms with Crippen LogP contribution in [0.25, 0.3) is 0 Å². The van der Waals surface area contributed by atoms with E-state index in [0.29, 0.717) is 23.7 Å². The number of hydrogen-bond donors (Lipinski definition) is 2. The summed E-state index contributed by atoms with van der Waals surface area (Å²) in [5, 5.41) is 2.71. The number of carbonyl (C=O) groups excluding carboxylic acids is 1. The zero-order valence-electron chi connectivity index (χ0n) is 10.5. The summed E-state index contributed by atoms with van der Waals surface area (Å²) in [7, 11) is 0. The van der Waals surface area contributed by atoms with E-state index in [2.05, 4.69) is 5.32 Å². The third kappa shape index (κ3) is 3.44. The molecule has 1 rings (SSSR count). The molecule has 3 nitrogen and oxygen atoms in total. The molecule has 0 saturated carbocycles. The minimum atomic E-state index is -0.499. The third-order valence-corrected chi connectivity index (χ3v) is 2.83. The first-order chi connectivity index (χ1) is 7.95. The molecule has 0 radical (unpaired) electrons. The van der Waals surface area contributed by atoms with Gasteiger partial charge in [-0.3, -0.25) is 4.79 Å². The monoisotopic (exact) mass is 238 g/mol. The van der Waals surface area contributed by atoms with Gasteiger partial charge in [-0.1, -0.05) is 20.3 Å². The number of carbonyl (C=O) groups is 1. The number of nitrogen functional groups attached to an aromatic ring is 1. The summed E-state index contributed by atoms with van der Waals surface area (Å²) in [6.45, 7) is 6.21. The minimum absolute atomic E-state index is 0.0193. The van der Waals surface area contributed by atoms with Gasteiger partial charge in [0.05, 0.1) is 5.56 Å². The summed E-state index contributed by atoms with van der Waals surface area (Å²) in [6.07, 6.45) is 0.971. The number of rotatable bonds is 4. The van der Waals surface area contributed by atoms with Crippen molar-refractivity contribution in [2.45, 2.75) is 27.2 Å². The summed E-state index contributed by atoms with van der Waals surface area (Å²) < 4.78 is 13.7. The van der Waals surface area contributed by atoms with Gasteiger partial charge in [-0.05, 0) is 30.5 Å². The van der Waals surface area contributed by atoms with Crippen molar-refractivity contribution in [3.63, 3.8) is 0 Å². The van der Waals surface area contributed by atoms with Crippen LogP contribution in [0.3, 0.4) is 0 Å². The smallest absolute Gasteiger partial charge is 0.254 e. The molecule has 17 heavy (non-hydrogen) atoms. The molecule has 0 fully saturated rings. The summed E-state index contributed by atoms with van der Waals surface area (Å²) in [4.78, 5) is 11.8. The van der Waals surface area contributed by atoms with Gasteiger partial charge < -0.3 is 11.1 Å². The van der Waals surface area contributed by atoms with Crippen LogP contribution in [0.2, 0.25) is 0 Å². The quantitative estimate of drug-likeness (QED) is 0.792. The Kier molecular flexibility index (Phi) is 4.49. The lowest BCUT2D eigenvalue weighted by molar-refractivity contribution is 0.0943. The largest absolute Gasteiger partial charge is 0.399 e. The van der Waals surface area contributed by atoms with Crippen LogP contribution in [0.4, 0.5) is 10.1 Å². The highest BCUT2D eigenvalue weighted by Crippen LogP contribution is 2.17. The van der Waals surface area contributed by atoms with E-state index in [0.717, 1.165) is 6.42 Å². The Morgan fingerprint density at radius 3 is 2.76 bits per heavy atom. The average Bonchev–Trinajstić information content (AvgIpc) is 2.30. The van der Waals surface area contributed by atoms with E-state index >= 15 is 0 Å². The second-order valence-electron chi connectivity index (χ2n) is 4.42. The second-order valence-corrected chi connectivity index (χ2v) is 4.42. The van der Waals surface area contributed by atoms with E-state index < -0.39 is 11.7 Å². The van der Waals surface area contributed by atoms with Crippen LogP contribution in [0.15, 0.2) is 12.1 Å². The number of amides is 1. The molecule has 3 N–H and O–H groups in total. The summed E-state index contributed by atoms with van der Waals surface area (Å²) >= 11 is 0. The lowest BCUT2D eigenvalue weighted by Gasteiger charge is -2.11. The molecule has 94 valence electrons. The fraction of sp³-hybridized carbons (Fsp3) is 0.462. The number of anilines is 1. The Hall–Kier alpha value is -1.58. The fourth-order valence-electron chi connectivity index (χ4n) is 1.47. The van der Waals surface area contributed by atoms with Crippen molar-refractivity contribution in [3.05, 3.63) is 29.1 Å². The van der Waals surface area contributed by atoms with Gasteiger partial charge in [0.2, 0.25) is 0 Å². The first kappa shape index (κ1) is 13.5. The Morgan fingerprint density at radius 2 is 2.18 bits per heavy atom. The molecule has 0 aromatic heterocycles. The van der Waals surface area contributed by atoms with Crippen molar-refractivity contribution < 1.29 is 9.18 Å². The zero-order chi connectivity index (χ0) is 13.0. The maximum absolute atomic E-state index is 13.7. The maximum Gasteiger partial charge on any atom is 0.254 e. The Balaban J connectivity index is 2.82. The number of aryl methyl sites for hydroxylation is 1. The standard InChI is InChI=1S/C13H19FN2O/c1-4-8(2)7-16-13(17)11-6-10(15)5-9(3)12(11)14/h5-6,8H,4,7,15H2,1-3H3,(H,16,17). The van der Waals surface area contributed by atoms with Crippen LogP contribution in [-0.2, 0) is 0 Å². The van der Waals surface area contributed by atoms with Gasteiger partial charge in [-0.25, -0.2) is 4.39 Å². The van der Waals surface area contributed by atoms with Crippen LogP contribution in [0, 0.1) is 18.7 Å². The molecule has 0 saturated heterocycles. The molecule has 0 aliphatic rings. The highest BCUT2D eigenvalue weighted by Gasteiger charge is 2.14. The summed E-state index contributed by atoms with van der Waals surface area (Å²) in [5.41, 5.74) is 6.41. The Labute approximate surface area is 101 Å². The lowest BCUT2D eigenvalue weighted by atomic mass is 10.1. The predicted molar refractivity (Wildman–Crippen MR) is 67.3 cm³/mol. The first-order valence-corrected chi connectivity index (χ1v) is 5.79. The van der Waals surface area contributed by atoms with Gasteiger partial charge in [-0.2, -0.15) is 0 Å². The molecule has 0 bridgehead atoms. The lowest BCUT2D eigenvalue weighted by Crippen LogP contribution is -2.29. The van der Waals surface area contributed by atoms with Gasteiger partial charge in [-0.15, -0.1) is 0 Å². The SMILES string of the molecule is CCC(C)CNC(=O)c1cc(N)cc(C)c1F. The maximum atomic E-state index is 13.7. The fourth-order valence-corrected chi connectivity index (χ4v) is 1.47. The van der Waals surface area contributed by atoms with E-state index in [4.69, 9.17) is 5.73 Å². The van der Waals surface area contributed by atoms with Crippen LogP contribution in [0.5, 0.6) is 0 Å². The molecule has 1 unspecified atom stereocenters. The van der Waals surface area contributed by atoms with E-state index in [9.17, 15) is 9.18 Å². The van der Waals surface area contributed by atoms with Crippen molar-refractivity contribution >= 4 is 11.6 Å². The molecule has 0 heterocycles. The van der Waals surface area contributed by atoms with Gasteiger partial charge in [0, 0.05) is 12.2 Å². The normalized spacial score (nSPS) is 12.2. The van der Waals surface area contributed by atoms with Crippen molar-refractivity contribution in [1.82, 2.24) is 5.32 Å². The number of halogens is 1. The van der Waals surface area contributed by atoms with Crippen LogP contribution >= 0.6 is 0 Å². The Morgan fingerprint density at radius 1 is 1.53 bits per heavy atom. The van der Waals surface area contributed by atoms with Crippen LogP contribution in [-0.4, -0.2) is 12.5 Å². The second kappa shape index (κ2) is 5.66. The van der Waals surface area contributed by atoms with E-state index in [1.165, 1.54) is 12.1 Å². The summed E-state index contributed by atoms with van der Waals surface area (Å²) in [6, 6.07) is 2.88. The van der Waals surface area contributed by atoms with Crippen molar-refractivity contribution in [2.24, 2.45) is 5.92 Å². The van der Waals surface area contributed by atoms with Crippen molar-refractivity contribution in [3.8, 4) is 0 Å². The van der Waals surface area contributed by atoms with E-state index in [1.807, 2.05) is 13.8 Å². The van der Waals surface area contributed by atoms with E-state index in [-0.39, 0.29) is 5.56 Å². The minimum Gasteiger partial charge on any atom is -0.399 e. The van der Waals surface area contributed by atoms with Gasteiger partial charge >= 0.3 is 0 Å². The van der Waals surface area contributed by atoms with Gasteiger partial charge in [0.25, 0.3) is 5.91 Å². The third-order valence-electron chi connectivity index (χ3n) is 2.83. The average molecular weight is 238 g/mol. The summed E-state index contributed by atoms with van der Waals surface area (Å²) in [5.74, 6) is -0.525. The van der Waals surface area contributed by atoms with Crippen LogP contribution < -0.4 is 11.1 Å². The molecule has 4 heteroatoms. The topological polar surface area (TPSA) is 55.1 Å². The number of benzene rings is 1. The van der Waals surface area contributed by atoms with Crippen molar-refractivity contribution in [2.75, 3.05) is 12.3 Å². The number of nitrogens with one attached hydrogen (secondary N) is 1. The molecule has 1 amide bonds. The molecular formula is C13H19FN2O. The highest BCUT2D eigenvalue weighted by molar-refractivity contribution is 5.95. The number of nitrogens with two attached hydrogens (primary N) is 1.